The van der Waals surface area contributed by atoms with Crippen molar-refractivity contribution in [1.29, 1.82) is 0 Å². The van der Waals surface area contributed by atoms with E-state index in [1.807, 2.05) is 20.8 Å². The maximum absolute atomic E-state index is 13.2. The van der Waals surface area contributed by atoms with E-state index in [9.17, 15) is 14.4 Å². The molecule has 2 N–H and O–H groups in total. The van der Waals surface area contributed by atoms with Gasteiger partial charge in [0.05, 0.1) is 0 Å². The van der Waals surface area contributed by atoms with Crippen LogP contribution in [0.15, 0.2) is 9.59 Å². The van der Waals surface area contributed by atoms with Gasteiger partial charge in [-0.2, -0.15) is 0 Å². The monoisotopic (exact) mass is 427 g/mol. The van der Waals surface area contributed by atoms with Gasteiger partial charge in [-0.05, 0) is 56.3 Å². The van der Waals surface area contributed by atoms with Gasteiger partial charge in [-0.3, -0.25) is 18.7 Å². The fourth-order valence-electron chi connectivity index (χ4n) is 6.70. The van der Waals surface area contributed by atoms with Gasteiger partial charge in [0.2, 0.25) is 5.91 Å². The minimum atomic E-state index is -0.342. The third-order valence-corrected chi connectivity index (χ3v) is 7.93. The molecule has 4 aliphatic carbocycles. The summed E-state index contributed by atoms with van der Waals surface area (Å²) in [5.74, 6) is 2.93. The van der Waals surface area contributed by atoms with Gasteiger partial charge in [-0.25, -0.2) is 9.78 Å². The molecule has 4 aliphatic rings. The molecule has 0 aliphatic heterocycles. The van der Waals surface area contributed by atoms with E-state index < -0.39 is 0 Å². The summed E-state index contributed by atoms with van der Waals surface area (Å²) in [4.78, 5) is 46.6. The van der Waals surface area contributed by atoms with Crippen LogP contribution in [-0.2, 0) is 23.3 Å². The average Bonchev–Trinajstić information content (AvgIpc) is 3.35. The fraction of sp³-hybridized carbons (Fsp3) is 0.739. The maximum atomic E-state index is 13.2. The Morgan fingerprint density at radius 2 is 1.87 bits per heavy atom. The Kier molecular flexibility index (Phi) is 4.86. The van der Waals surface area contributed by atoms with Crippen molar-refractivity contribution in [1.82, 2.24) is 24.4 Å². The summed E-state index contributed by atoms with van der Waals surface area (Å²) in [6.07, 6.45) is 6.85. The zero-order chi connectivity index (χ0) is 21.9. The van der Waals surface area contributed by atoms with Crippen LogP contribution >= 0.6 is 0 Å². The lowest BCUT2D eigenvalue weighted by molar-refractivity contribution is -0.124. The second-order valence-corrected chi connectivity index (χ2v) is 10.3. The van der Waals surface area contributed by atoms with Crippen LogP contribution in [0.5, 0.6) is 0 Å². The number of hydrogen-bond donors (Lipinski definition) is 2. The van der Waals surface area contributed by atoms with Crippen molar-refractivity contribution in [2.45, 2.75) is 77.8 Å². The predicted octanol–water partition coefficient (Wildman–Crippen LogP) is 2.15. The Morgan fingerprint density at radius 3 is 2.52 bits per heavy atom. The molecule has 1 amide bonds. The maximum Gasteiger partial charge on any atom is 0.332 e. The number of carbonyl (C=O) groups is 1. The first-order chi connectivity index (χ1) is 14.8. The van der Waals surface area contributed by atoms with Crippen molar-refractivity contribution >= 4 is 17.1 Å². The lowest BCUT2D eigenvalue weighted by Crippen LogP contribution is -2.42. The highest BCUT2D eigenvalue weighted by atomic mass is 16.2. The average molecular weight is 428 g/mol. The number of imidazole rings is 1. The van der Waals surface area contributed by atoms with Crippen molar-refractivity contribution in [2.24, 2.45) is 23.7 Å². The van der Waals surface area contributed by atoms with Crippen LogP contribution in [0.1, 0.15) is 65.1 Å². The second kappa shape index (κ2) is 7.35. The molecule has 2 unspecified atom stereocenters. The van der Waals surface area contributed by atoms with Crippen molar-refractivity contribution < 1.29 is 4.79 Å². The van der Waals surface area contributed by atoms with E-state index in [-0.39, 0.29) is 28.5 Å². The van der Waals surface area contributed by atoms with Gasteiger partial charge in [0.25, 0.3) is 5.56 Å². The minimum absolute atomic E-state index is 0.0430. The lowest BCUT2D eigenvalue weighted by Gasteiger charge is -2.30. The van der Waals surface area contributed by atoms with E-state index in [1.165, 1.54) is 23.8 Å². The van der Waals surface area contributed by atoms with E-state index in [0.29, 0.717) is 43.1 Å². The summed E-state index contributed by atoms with van der Waals surface area (Å²) in [6, 6.07) is 0. The third kappa shape index (κ3) is 3.09. The number of carbonyl (C=O) groups excluding carboxylic acids is 1. The third-order valence-electron chi connectivity index (χ3n) is 7.93. The van der Waals surface area contributed by atoms with Crippen LogP contribution in [0.3, 0.4) is 0 Å². The van der Waals surface area contributed by atoms with E-state index in [4.69, 9.17) is 4.98 Å². The zero-order valence-corrected chi connectivity index (χ0v) is 18.7. The van der Waals surface area contributed by atoms with E-state index >= 15 is 0 Å². The summed E-state index contributed by atoms with van der Waals surface area (Å²) >= 11 is 0. The van der Waals surface area contributed by atoms with Crippen LogP contribution in [0, 0.1) is 23.7 Å². The number of H-pyrrole nitrogens is 1. The lowest BCUT2D eigenvalue weighted by atomic mass is 9.75. The number of amides is 1. The Morgan fingerprint density at radius 1 is 1.16 bits per heavy atom. The Bertz CT molecular complexity index is 1130. The molecule has 31 heavy (non-hydrogen) atoms. The molecule has 0 saturated heterocycles. The summed E-state index contributed by atoms with van der Waals surface area (Å²) < 4.78 is 2.88. The zero-order valence-electron chi connectivity index (χ0n) is 18.7. The number of rotatable bonds is 7. The van der Waals surface area contributed by atoms with Crippen LogP contribution in [-0.4, -0.2) is 31.6 Å². The molecule has 8 nitrogen and oxygen atoms in total. The predicted molar refractivity (Wildman–Crippen MR) is 118 cm³/mol. The highest BCUT2D eigenvalue weighted by Crippen LogP contribution is 2.65. The molecule has 8 heteroatoms. The van der Waals surface area contributed by atoms with Crippen LogP contribution in [0.25, 0.3) is 11.2 Å². The van der Waals surface area contributed by atoms with Gasteiger partial charge in [0.1, 0.15) is 11.3 Å². The van der Waals surface area contributed by atoms with Crippen LogP contribution in [0.2, 0.25) is 0 Å². The fourth-order valence-corrected chi connectivity index (χ4v) is 6.70. The molecule has 6 rings (SSSR count). The largest absolute Gasteiger partial charge is 0.354 e. The van der Waals surface area contributed by atoms with E-state index in [2.05, 4.69) is 10.3 Å². The Hall–Kier alpha value is -2.38. The molecular weight excluding hydrogens is 394 g/mol. The van der Waals surface area contributed by atoms with Crippen molar-refractivity contribution in [3.8, 4) is 0 Å². The summed E-state index contributed by atoms with van der Waals surface area (Å²) in [6.45, 7) is 6.63. The van der Waals surface area contributed by atoms with Gasteiger partial charge in [-0.1, -0.05) is 20.8 Å². The molecule has 0 spiro atoms. The molecule has 4 saturated carbocycles. The molecule has 4 fully saturated rings. The van der Waals surface area contributed by atoms with Gasteiger partial charge >= 0.3 is 5.69 Å². The quantitative estimate of drug-likeness (QED) is 0.707. The Balaban J connectivity index is 1.58. The van der Waals surface area contributed by atoms with Gasteiger partial charge in [-0.15, -0.1) is 0 Å². The molecule has 2 heterocycles. The molecule has 0 aromatic carbocycles. The summed E-state index contributed by atoms with van der Waals surface area (Å²) in [5, 5.41) is 2.87. The first kappa shape index (κ1) is 20.5. The standard InChI is InChI=1S/C23H33N5O3/c1-4-6-28-20(30)17-18(27(22(28)31)7-5-24-19(29)13(2)3)26-21(25-17)23-11-14-8-15(12-23)10-16(23)9-14/h13-16H,4-12H2,1-3H3,(H,24,29)(H,25,26). The minimum Gasteiger partial charge on any atom is -0.354 e. The molecule has 2 aromatic rings. The second-order valence-electron chi connectivity index (χ2n) is 10.3. The molecule has 4 bridgehead atoms. The van der Waals surface area contributed by atoms with Crippen LogP contribution < -0.4 is 16.6 Å². The van der Waals surface area contributed by atoms with E-state index in [1.54, 1.807) is 4.57 Å². The molecule has 168 valence electrons. The van der Waals surface area contributed by atoms with Crippen molar-refractivity contribution in [2.75, 3.05) is 6.54 Å². The van der Waals surface area contributed by atoms with Crippen molar-refractivity contribution in [3.05, 3.63) is 26.7 Å². The number of aromatic nitrogens is 4. The topological polar surface area (TPSA) is 102 Å². The number of nitrogens with zero attached hydrogens (tertiary/aromatic N) is 3. The number of fused-ring (bicyclic) bond motifs is 1. The van der Waals surface area contributed by atoms with Gasteiger partial charge in [0, 0.05) is 31.0 Å². The van der Waals surface area contributed by atoms with E-state index in [0.717, 1.165) is 30.5 Å². The van der Waals surface area contributed by atoms with Gasteiger partial charge < -0.3 is 10.3 Å². The molecule has 2 atom stereocenters. The smallest absolute Gasteiger partial charge is 0.332 e. The normalized spacial score (nSPS) is 28.8. The highest BCUT2D eigenvalue weighted by Gasteiger charge is 2.59. The highest BCUT2D eigenvalue weighted by molar-refractivity contribution is 5.77. The molecule has 0 radical (unpaired) electrons. The first-order valence-corrected chi connectivity index (χ1v) is 11.9. The number of aromatic amines is 1. The molecule has 2 aromatic heterocycles. The molecular formula is C23H33N5O3. The number of hydrogen-bond acceptors (Lipinski definition) is 4. The number of nitrogens with one attached hydrogen (secondary N) is 2. The summed E-state index contributed by atoms with van der Waals surface area (Å²) in [7, 11) is 0. The first-order valence-electron chi connectivity index (χ1n) is 11.9. The Labute approximate surface area is 181 Å². The van der Waals surface area contributed by atoms with Gasteiger partial charge in [0.15, 0.2) is 5.65 Å². The van der Waals surface area contributed by atoms with Crippen LogP contribution in [0.4, 0.5) is 0 Å². The van der Waals surface area contributed by atoms with Crippen molar-refractivity contribution in [3.63, 3.8) is 0 Å². The SMILES string of the molecule is CCCn1c(=O)c2[nH]c(C34CC5CC(CC3C5)C4)nc2n(CCNC(=O)C(C)C)c1=O. The summed E-state index contributed by atoms with van der Waals surface area (Å²) in [5.41, 5.74) is 0.292.